The van der Waals surface area contributed by atoms with E-state index in [1.165, 1.54) is 6.42 Å². The molecule has 1 fully saturated rings. The third-order valence-corrected chi connectivity index (χ3v) is 5.11. The summed E-state index contributed by atoms with van der Waals surface area (Å²) in [6.45, 7) is 10.1. The Kier molecular flexibility index (Phi) is 6.49. The first-order valence-electron chi connectivity index (χ1n) is 10.1. The fourth-order valence-corrected chi connectivity index (χ4v) is 3.63. The predicted octanol–water partition coefficient (Wildman–Crippen LogP) is 3.91. The largest absolute Gasteiger partial charge is 0.467 e. The normalized spacial score (nSPS) is 16.7. The van der Waals surface area contributed by atoms with Crippen LogP contribution in [0.2, 0.25) is 0 Å². The van der Waals surface area contributed by atoms with Gasteiger partial charge in [-0.25, -0.2) is 4.98 Å². The van der Waals surface area contributed by atoms with Gasteiger partial charge in [-0.3, -0.25) is 4.79 Å². The number of rotatable bonds is 6. The zero-order valence-corrected chi connectivity index (χ0v) is 17.3. The van der Waals surface area contributed by atoms with Gasteiger partial charge in [-0.15, -0.1) is 0 Å². The third-order valence-electron chi connectivity index (χ3n) is 5.11. The highest BCUT2D eigenvalue weighted by Crippen LogP contribution is 2.23. The van der Waals surface area contributed by atoms with E-state index in [-0.39, 0.29) is 12.5 Å². The van der Waals surface area contributed by atoms with Gasteiger partial charge in [-0.05, 0) is 50.2 Å². The van der Waals surface area contributed by atoms with Crippen LogP contribution in [0.25, 0.3) is 0 Å². The molecule has 150 valence electrons. The molecule has 1 aromatic carbocycles. The lowest BCUT2D eigenvalue weighted by Crippen LogP contribution is -2.35. The Bertz CT molecular complexity index is 837. The van der Waals surface area contributed by atoms with E-state index in [1.807, 2.05) is 32.0 Å². The summed E-state index contributed by atoms with van der Waals surface area (Å²) >= 11 is 0. The fraction of sp³-hybridized carbons (Fsp3) is 0.500. The number of nitrogens with one attached hydrogen (secondary N) is 1. The van der Waals surface area contributed by atoms with Crippen molar-refractivity contribution < 1.29 is 9.53 Å². The van der Waals surface area contributed by atoms with Crippen LogP contribution < -0.4 is 15.0 Å². The molecule has 6 nitrogen and oxygen atoms in total. The molecule has 1 atom stereocenters. The first kappa shape index (κ1) is 20.1. The number of hydrogen-bond donors (Lipinski definition) is 1. The molecule has 1 N–H and O–H groups in total. The van der Waals surface area contributed by atoms with E-state index < -0.39 is 0 Å². The molecule has 0 saturated carbocycles. The van der Waals surface area contributed by atoms with Crippen LogP contribution in [0, 0.1) is 19.8 Å². The minimum absolute atomic E-state index is 0.0796. The van der Waals surface area contributed by atoms with Gasteiger partial charge in [0.05, 0.1) is 0 Å². The summed E-state index contributed by atoms with van der Waals surface area (Å²) in [5.74, 6) is 1.58. The second-order valence-corrected chi connectivity index (χ2v) is 7.64. The van der Waals surface area contributed by atoms with E-state index in [2.05, 4.69) is 34.0 Å². The summed E-state index contributed by atoms with van der Waals surface area (Å²) in [5, 5.41) is 2.98. The number of nitrogens with zero attached hydrogens (tertiary/aromatic N) is 3. The molecule has 1 aliphatic heterocycles. The minimum Gasteiger partial charge on any atom is -0.467 e. The number of anilines is 2. The highest BCUT2D eigenvalue weighted by atomic mass is 16.5. The number of hydrogen-bond acceptors (Lipinski definition) is 5. The van der Waals surface area contributed by atoms with Crippen molar-refractivity contribution in [2.24, 2.45) is 5.92 Å². The molecular formula is C22H30N4O2. The van der Waals surface area contributed by atoms with Crippen LogP contribution in [0.1, 0.15) is 43.5 Å². The number of carbonyl (C=O) groups is 1. The van der Waals surface area contributed by atoms with Crippen LogP contribution in [0.5, 0.6) is 5.88 Å². The Morgan fingerprint density at radius 3 is 2.89 bits per heavy atom. The maximum atomic E-state index is 12.4. The Morgan fingerprint density at radius 1 is 1.32 bits per heavy atom. The van der Waals surface area contributed by atoms with Gasteiger partial charge in [0.15, 0.2) is 6.61 Å². The van der Waals surface area contributed by atoms with Gasteiger partial charge in [-0.1, -0.05) is 32.0 Å². The molecule has 1 amide bonds. The molecule has 28 heavy (non-hydrogen) atoms. The van der Waals surface area contributed by atoms with Gasteiger partial charge in [-0.2, -0.15) is 4.98 Å². The Balaban J connectivity index is 1.65. The molecule has 0 unspecified atom stereocenters. The summed E-state index contributed by atoms with van der Waals surface area (Å²) in [6, 6.07) is 7.81. The number of amides is 1. The molecule has 0 aliphatic carbocycles. The second-order valence-electron chi connectivity index (χ2n) is 7.64. The van der Waals surface area contributed by atoms with Crippen molar-refractivity contribution in [1.29, 1.82) is 0 Å². The van der Waals surface area contributed by atoms with Crippen LogP contribution >= 0.6 is 0 Å². The Hall–Kier alpha value is -2.63. The highest BCUT2D eigenvalue weighted by molar-refractivity contribution is 5.93. The van der Waals surface area contributed by atoms with Gasteiger partial charge < -0.3 is 15.0 Å². The molecule has 0 spiro atoms. The van der Waals surface area contributed by atoms with Crippen LogP contribution in [-0.2, 0) is 11.2 Å². The maximum Gasteiger partial charge on any atom is 0.262 e. The number of aryl methyl sites for hydroxylation is 3. The summed E-state index contributed by atoms with van der Waals surface area (Å²) in [5.41, 5.74) is 3.88. The van der Waals surface area contributed by atoms with E-state index in [0.717, 1.165) is 48.4 Å². The molecule has 1 saturated heterocycles. The van der Waals surface area contributed by atoms with Crippen molar-refractivity contribution in [3.63, 3.8) is 0 Å². The molecule has 2 aromatic rings. The zero-order valence-electron chi connectivity index (χ0n) is 17.3. The lowest BCUT2D eigenvalue weighted by molar-refractivity contribution is -0.118. The SMILES string of the molecule is CCc1cccc(C)c1NC(=O)COc1cc(C)nc(N2CCC[C@@H](C)C2)n1. The van der Waals surface area contributed by atoms with Crippen LogP contribution in [0.3, 0.4) is 0 Å². The summed E-state index contributed by atoms with van der Waals surface area (Å²) in [6.07, 6.45) is 3.25. The maximum absolute atomic E-state index is 12.4. The minimum atomic E-state index is -0.187. The lowest BCUT2D eigenvalue weighted by Gasteiger charge is -2.31. The van der Waals surface area contributed by atoms with Crippen molar-refractivity contribution in [2.45, 2.75) is 47.0 Å². The van der Waals surface area contributed by atoms with Crippen LogP contribution in [0.15, 0.2) is 24.3 Å². The van der Waals surface area contributed by atoms with Crippen LogP contribution in [-0.4, -0.2) is 35.6 Å². The van der Waals surface area contributed by atoms with Crippen molar-refractivity contribution in [1.82, 2.24) is 9.97 Å². The molecule has 0 radical (unpaired) electrons. The molecule has 2 heterocycles. The first-order valence-corrected chi connectivity index (χ1v) is 10.1. The van der Waals surface area contributed by atoms with E-state index in [9.17, 15) is 4.79 Å². The summed E-state index contributed by atoms with van der Waals surface area (Å²) in [4.78, 5) is 23.7. The number of piperidine rings is 1. The van der Waals surface area contributed by atoms with E-state index in [1.54, 1.807) is 6.07 Å². The summed E-state index contributed by atoms with van der Waals surface area (Å²) < 4.78 is 5.70. The number of carbonyl (C=O) groups excluding carboxylic acids is 1. The molecule has 1 aliphatic rings. The van der Waals surface area contributed by atoms with E-state index in [4.69, 9.17) is 4.74 Å². The fourth-order valence-electron chi connectivity index (χ4n) is 3.63. The van der Waals surface area contributed by atoms with Gasteiger partial charge >= 0.3 is 0 Å². The number of ether oxygens (including phenoxy) is 1. The van der Waals surface area contributed by atoms with Gasteiger partial charge in [0.25, 0.3) is 5.91 Å². The zero-order chi connectivity index (χ0) is 20.1. The molecule has 0 bridgehead atoms. The van der Waals surface area contributed by atoms with Crippen molar-refractivity contribution in [3.05, 3.63) is 41.1 Å². The van der Waals surface area contributed by atoms with Crippen molar-refractivity contribution in [3.8, 4) is 5.88 Å². The lowest BCUT2D eigenvalue weighted by atomic mass is 10.0. The van der Waals surface area contributed by atoms with Crippen molar-refractivity contribution in [2.75, 3.05) is 29.9 Å². The van der Waals surface area contributed by atoms with Crippen molar-refractivity contribution >= 4 is 17.5 Å². The van der Waals surface area contributed by atoms with Gasteiger partial charge in [0.2, 0.25) is 11.8 Å². The van der Waals surface area contributed by atoms with Gasteiger partial charge in [0, 0.05) is 30.5 Å². The number of para-hydroxylation sites is 1. The monoisotopic (exact) mass is 382 g/mol. The summed E-state index contributed by atoms with van der Waals surface area (Å²) in [7, 11) is 0. The van der Waals surface area contributed by atoms with Gasteiger partial charge in [0.1, 0.15) is 0 Å². The topological polar surface area (TPSA) is 67.3 Å². The van der Waals surface area contributed by atoms with E-state index >= 15 is 0 Å². The Morgan fingerprint density at radius 2 is 2.14 bits per heavy atom. The number of benzene rings is 1. The predicted molar refractivity (Wildman–Crippen MR) is 112 cm³/mol. The first-order chi connectivity index (χ1) is 13.5. The third kappa shape index (κ3) is 5.00. The second kappa shape index (κ2) is 9.04. The smallest absolute Gasteiger partial charge is 0.262 e. The standard InChI is InChI=1S/C22H30N4O2/c1-5-18-10-6-9-16(3)21(18)24-19(27)14-28-20-12-17(4)23-22(25-20)26-11-7-8-15(2)13-26/h6,9-10,12,15H,5,7-8,11,13-14H2,1-4H3,(H,24,27)/t15-/m1/s1. The average molecular weight is 383 g/mol. The molecule has 1 aromatic heterocycles. The quantitative estimate of drug-likeness (QED) is 0.820. The highest BCUT2D eigenvalue weighted by Gasteiger charge is 2.20. The molecule has 3 rings (SSSR count). The van der Waals surface area contributed by atoms with Crippen LogP contribution in [0.4, 0.5) is 11.6 Å². The number of aromatic nitrogens is 2. The Labute approximate surface area is 167 Å². The molecule has 6 heteroatoms. The average Bonchev–Trinajstić information content (AvgIpc) is 2.67. The van der Waals surface area contributed by atoms with E-state index in [0.29, 0.717) is 17.7 Å². The molecular weight excluding hydrogens is 352 g/mol.